The Kier molecular flexibility index (Phi) is 5.72. The lowest BCUT2D eigenvalue weighted by Gasteiger charge is -2.37. The maximum absolute atomic E-state index is 5.63. The van der Waals surface area contributed by atoms with Crippen LogP contribution in [0.2, 0.25) is 0 Å². The highest BCUT2D eigenvalue weighted by atomic mass is 16.5. The van der Waals surface area contributed by atoms with Crippen molar-refractivity contribution < 1.29 is 9.47 Å². The van der Waals surface area contributed by atoms with E-state index in [1.54, 1.807) is 7.11 Å². The van der Waals surface area contributed by atoms with E-state index in [1.807, 2.05) is 25.1 Å². The molecule has 1 saturated heterocycles. The van der Waals surface area contributed by atoms with Crippen LogP contribution in [0.1, 0.15) is 24.1 Å². The molecule has 1 heterocycles. The summed E-state index contributed by atoms with van der Waals surface area (Å²) in [5, 5.41) is 3.51. The molecule has 0 amide bonds. The van der Waals surface area contributed by atoms with Gasteiger partial charge in [0.2, 0.25) is 0 Å². The quantitative estimate of drug-likeness (QED) is 0.883. The van der Waals surface area contributed by atoms with Crippen molar-refractivity contribution in [2.75, 3.05) is 33.4 Å². The fourth-order valence-electron chi connectivity index (χ4n) is 3.32. The summed E-state index contributed by atoms with van der Waals surface area (Å²) < 4.78 is 11.2. The van der Waals surface area contributed by atoms with Gasteiger partial charge in [-0.05, 0) is 30.7 Å². The predicted octanol–water partition coefficient (Wildman–Crippen LogP) is 3.24. The van der Waals surface area contributed by atoms with Crippen LogP contribution in [0.5, 0.6) is 11.5 Å². The van der Waals surface area contributed by atoms with Crippen LogP contribution in [-0.2, 0) is 6.54 Å². The van der Waals surface area contributed by atoms with Crippen LogP contribution in [0.25, 0.3) is 0 Å². The first-order chi connectivity index (χ1) is 11.8. The zero-order chi connectivity index (χ0) is 16.8. The Balaban J connectivity index is 1.81. The van der Waals surface area contributed by atoms with E-state index in [1.165, 1.54) is 11.1 Å². The first-order valence-electron chi connectivity index (χ1n) is 8.61. The number of rotatable bonds is 6. The average Bonchev–Trinajstić information content (AvgIpc) is 2.63. The lowest BCUT2D eigenvalue weighted by molar-refractivity contribution is 0.151. The average molecular weight is 326 g/mol. The van der Waals surface area contributed by atoms with E-state index in [0.29, 0.717) is 12.6 Å². The number of ether oxygens (including phenoxy) is 2. The summed E-state index contributed by atoms with van der Waals surface area (Å²) in [6.45, 7) is 6.58. The van der Waals surface area contributed by atoms with Crippen molar-refractivity contribution in [2.24, 2.45) is 0 Å². The van der Waals surface area contributed by atoms with E-state index in [-0.39, 0.29) is 0 Å². The van der Waals surface area contributed by atoms with Crippen molar-refractivity contribution in [3.8, 4) is 11.5 Å². The minimum absolute atomic E-state index is 0.311. The van der Waals surface area contributed by atoms with E-state index < -0.39 is 0 Å². The molecular weight excluding hydrogens is 300 g/mol. The minimum Gasteiger partial charge on any atom is -0.496 e. The number of para-hydroxylation sites is 1. The highest BCUT2D eigenvalue weighted by Gasteiger charge is 2.26. The van der Waals surface area contributed by atoms with Gasteiger partial charge >= 0.3 is 0 Å². The summed E-state index contributed by atoms with van der Waals surface area (Å²) in [5.74, 6) is 1.90. The number of methoxy groups -OCH3 is 1. The molecule has 24 heavy (non-hydrogen) atoms. The minimum atomic E-state index is 0.311. The van der Waals surface area contributed by atoms with Crippen LogP contribution in [-0.4, -0.2) is 38.3 Å². The van der Waals surface area contributed by atoms with Crippen LogP contribution in [0, 0.1) is 0 Å². The van der Waals surface area contributed by atoms with Crippen molar-refractivity contribution in [2.45, 2.75) is 19.5 Å². The molecule has 1 aliphatic heterocycles. The van der Waals surface area contributed by atoms with E-state index in [4.69, 9.17) is 9.47 Å². The summed E-state index contributed by atoms with van der Waals surface area (Å²) >= 11 is 0. The molecule has 1 N–H and O–H groups in total. The third-order valence-corrected chi connectivity index (χ3v) is 4.45. The monoisotopic (exact) mass is 326 g/mol. The Hall–Kier alpha value is -2.04. The molecule has 0 aromatic heterocycles. The van der Waals surface area contributed by atoms with Gasteiger partial charge in [-0.25, -0.2) is 0 Å². The normalized spacial score (nSPS) is 18.3. The SMILES string of the molecule is CCOc1cccc(CN2CCNCC2c2ccccc2OC)c1. The smallest absolute Gasteiger partial charge is 0.123 e. The van der Waals surface area contributed by atoms with Crippen molar-refractivity contribution in [1.82, 2.24) is 10.2 Å². The first kappa shape index (κ1) is 16.8. The first-order valence-corrected chi connectivity index (χ1v) is 8.61. The van der Waals surface area contributed by atoms with Crippen LogP contribution < -0.4 is 14.8 Å². The summed E-state index contributed by atoms with van der Waals surface area (Å²) in [7, 11) is 1.74. The molecule has 3 rings (SSSR count). The lowest BCUT2D eigenvalue weighted by Crippen LogP contribution is -2.45. The van der Waals surface area contributed by atoms with Crippen molar-refractivity contribution >= 4 is 0 Å². The van der Waals surface area contributed by atoms with Gasteiger partial charge < -0.3 is 14.8 Å². The second-order valence-electron chi connectivity index (χ2n) is 6.01. The fraction of sp³-hybridized carbons (Fsp3) is 0.400. The molecule has 0 bridgehead atoms. The van der Waals surface area contributed by atoms with E-state index in [2.05, 4.69) is 40.5 Å². The predicted molar refractivity (Wildman–Crippen MR) is 96.6 cm³/mol. The van der Waals surface area contributed by atoms with Gasteiger partial charge in [-0.15, -0.1) is 0 Å². The molecule has 128 valence electrons. The number of nitrogens with zero attached hydrogens (tertiary/aromatic N) is 1. The standard InChI is InChI=1S/C20H26N2O2/c1-3-24-17-8-6-7-16(13-17)15-22-12-11-21-14-19(22)18-9-4-5-10-20(18)23-2/h4-10,13,19,21H,3,11-12,14-15H2,1-2H3. The van der Waals surface area contributed by atoms with Gasteiger partial charge in [0, 0.05) is 31.7 Å². The fourth-order valence-corrected chi connectivity index (χ4v) is 3.32. The highest BCUT2D eigenvalue weighted by Crippen LogP contribution is 2.31. The molecule has 0 aliphatic carbocycles. The Labute approximate surface area is 144 Å². The van der Waals surface area contributed by atoms with Gasteiger partial charge in [0.25, 0.3) is 0 Å². The third-order valence-electron chi connectivity index (χ3n) is 4.45. The zero-order valence-electron chi connectivity index (χ0n) is 14.5. The summed E-state index contributed by atoms with van der Waals surface area (Å²) in [4.78, 5) is 2.51. The highest BCUT2D eigenvalue weighted by molar-refractivity contribution is 5.37. The molecule has 1 fully saturated rings. The van der Waals surface area contributed by atoms with E-state index in [9.17, 15) is 0 Å². The number of nitrogens with one attached hydrogen (secondary N) is 1. The molecule has 1 unspecified atom stereocenters. The molecular formula is C20H26N2O2. The molecule has 1 aliphatic rings. The zero-order valence-corrected chi connectivity index (χ0v) is 14.5. The lowest BCUT2D eigenvalue weighted by atomic mass is 10.0. The molecule has 2 aromatic rings. The number of hydrogen-bond acceptors (Lipinski definition) is 4. The summed E-state index contributed by atoms with van der Waals surface area (Å²) in [5.41, 5.74) is 2.52. The second-order valence-corrected chi connectivity index (χ2v) is 6.01. The van der Waals surface area contributed by atoms with Crippen molar-refractivity contribution in [3.05, 3.63) is 59.7 Å². The number of piperazine rings is 1. The molecule has 4 heteroatoms. The van der Waals surface area contributed by atoms with Crippen LogP contribution >= 0.6 is 0 Å². The van der Waals surface area contributed by atoms with Crippen LogP contribution in [0.4, 0.5) is 0 Å². The summed E-state index contributed by atoms with van der Waals surface area (Å²) in [6.07, 6.45) is 0. The van der Waals surface area contributed by atoms with Crippen molar-refractivity contribution in [3.63, 3.8) is 0 Å². The maximum Gasteiger partial charge on any atom is 0.123 e. The van der Waals surface area contributed by atoms with Crippen LogP contribution in [0.3, 0.4) is 0 Å². The summed E-state index contributed by atoms with van der Waals surface area (Å²) in [6, 6.07) is 17.0. The molecule has 4 nitrogen and oxygen atoms in total. The number of benzene rings is 2. The van der Waals surface area contributed by atoms with Gasteiger partial charge in [-0.2, -0.15) is 0 Å². The number of hydrogen-bond donors (Lipinski definition) is 1. The van der Waals surface area contributed by atoms with Gasteiger partial charge in [-0.1, -0.05) is 30.3 Å². The topological polar surface area (TPSA) is 33.7 Å². The molecule has 0 saturated carbocycles. The van der Waals surface area contributed by atoms with E-state index in [0.717, 1.165) is 37.7 Å². The van der Waals surface area contributed by atoms with Gasteiger partial charge in [0.05, 0.1) is 19.8 Å². The van der Waals surface area contributed by atoms with Gasteiger partial charge in [0.15, 0.2) is 0 Å². The van der Waals surface area contributed by atoms with Crippen LogP contribution in [0.15, 0.2) is 48.5 Å². The largest absolute Gasteiger partial charge is 0.496 e. The molecule has 0 spiro atoms. The molecule has 0 radical (unpaired) electrons. The second kappa shape index (κ2) is 8.18. The molecule has 2 aromatic carbocycles. The van der Waals surface area contributed by atoms with Crippen molar-refractivity contribution in [1.29, 1.82) is 0 Å². The Morgan fingerprint density at radius 1 is 1.17 bits per heavy atom. The molecule has 1 atom stereocenters. The Bertz CT molecular complexity index is 660. The van der Waals surface area contributed by atoms with Gasteiger partial charge in [-0.3, -0.25) is 4.90 Å². The Morgan fingerprint density at radius 3 is 2.88 bits per heavy atom. The maximum atomic E-state index is 5.63. The third kappa shape index (κ3) is 3.89. The van der Waals surface area contributed by atoms with Gasteiger partial charge in [0.1, 0.15) is 11.5 Å². The Morgan fingerprint density at radius 2 is 2.04 bits per heavy atom. The van der Waals surface area contributed by atoms with E-state index >= 15 is 0 Å².